The minimum atomic E-state index is -0.298. The number of hydrogen-bond donors (Lipinski definition) is 0. The van der Waals surface area contributed by atoms with Crippen molar-refractivity contribution in [1.29, 1.82) is 0 Å². The number of anilines is 6. The molecule has 6 aliphatic carbocycles. The molecule has 2 nitrogen and oxygen atoms in total. The van der Waals surface area contributed by atoms with E-state index in [1.807, 2.05) is 0 Å². The lowest BCUT2D eigenvalue weighted by atomic mass is 9.80. The van der Waals surface area contributed by atoms with Crippen LogP contribution in [-0.4, -0.2) is 0 Å². The van der Waals surface area contributed by atoms with E-state index in [2.05, 4.69) is 273 Å². The topological polar surface area (TPSA) is 6.48 Å². The van der Waals surface area contributed by atoms with Gasteiger partial charge in [0.15, 0.2) is 0 Å². The Hall–Kier alpha value is -7.94. The van der Waals surface area contributed by atoms with Gasteiger partial charge in [-0.25, -0.2) is 0 Å². The van der Waals surface area contributed by atoms with Crippen LogP contribution in [0.15, 0.2) is 200 Å². The molecule has 6 aliphatic rings. The molecular formula is C75H66N2. The molecule has 9 aromatic rings. The highest BCUT2D eigenvalue weighted by Crippen LogP contribution is 2.58. The summed E-state index contributed by atoms with van der Waals surface area (Å²) in [6.45, 7) is 24.1. The van der Waals surface area contributed by atoms with Gasteiger partial charge in [0.25, 0.3) is 0 Å². The lowest BCUT2D eigenvalue weighted by Gasteiger charge is -2.31. The van der Waals surface area contributed by atoms with Crippen LogP contribution < -0.4 is 9.80 Å². The second-order valence-corrected chi connectivity index (χ2v) is 25.6. The van der Waals surface area contributed by atoms with E-state index in [1.165, 1.54) is 145 Å². The van der Waals surface area contributed by atoms with Crippen molar-refractivity contribution in [3.63, 3.8) is 0 Å². The van der Waals surface area contributed by atoms with Gasteiger partial charge in [-0.1, -0.05) is 191 Å². The number of allylic oxidation sites excluding steroid dienone is 4. The van der Waals surface area contributed by atoms with E-state index in [0.717, 1.165) is 12.8 Å². The van der Waals surface area contributed by atoms with Crippen LogP contribution in [0.3, 0.4) is 0 Å². The Kier molecular flexibility index (Phi) is 9.40. The van der Waals surface area contributed by atoms with Crippen molar-refractivity contribution in [2.24, 2.45) is 0 Å². The lowest BCUT2D eigenvalue weighted by Crippen LogP contribution is -2.20. The molecule has 0 fully saturated rings. The molecule has 0 radical (unpaired) electrons. The Labute approximate surface area is 456 Å². The van der Waals surface area contributed by atoms with Crippen molar-refractivity contribution >= 4 is 39.7 Å². The van der Waals surface area contributed by atoms with E-state index in [0.29, 0.717) is 0 Å². The Morgan fingerprint density at radius 1 is 0.273 bits per heavy atom. The van der Waals surface area contributed by atoms with Crippen molar-refractivity contribution < 1.29 is 0 Å². The van der Waals surface area contributed by atoms with Gasteiger partial charge in [0, 0.05) is 61.2 Å². The summed E-state index contributed by atoms with van der Waals surface area (Å²) in [4.78, 5) is 5.09. The van der Waals surface area contributed by atoms with E-state index >= 15 is 0 Å². The third-order valence-electron chi connectivity index (χ3n) is 19.7. The van der Waals surface area contributed by atoms with Crippen LogP contribution in [0.25, 0.3) is 50.1 Å². The van der Waals surface area contributed by atoms with Crippen LogP contribution in [-0.2, 0) is 27.1 Å². The van der Waals surface area contributed by atoms with Gasteiger partial charge in [0.05, 0.1) is 0 Å². The maximum atomic E-state index is 2.55. The van der Waals surface area contributed by atoms with Crippen LogP contribution in [0.5, 0.6) is 0 Å². The average Bonchev–Trinajstić information content (AvgIpc) is 4.27. The highest BCUT2D eigenvalue weighted by molar-refractivity contribution is 5.93. The van der Waals surface area contributed by atoms with Gasteiger partial charge in [0.2, 0.25) is 0 Å². The molecule has 15 rings (SSSR count). The van der Waals surface area contributed by atoms with Crippen molar-refractivity contribution in [2.45, 2.75) is 109 Å². The van der Waals surface area contributed by atoms with Gasteiger partial charge in [-0.15, -0.1) is 0 Å². The zero-order valence-electron chi connectivity index (χ0n) is 46.3. The van der Waals surface area contributed by atoms with Crippen LogP contribution in [0.2, 0.25) is 0 Å². The first kappa shape index (κ1) is 46.4. The van der Waals surface area contributed by atoms with E-state index < -0.39 is 0 Å². The predicted molar refractivity (Wildman–Crippen MR) is 324 cm³/mol. The maximum Gasteiger partial charge on any atom is 0.0465 e. The van der Waals surface area contributed by atoms with Gasteiger partial charge in [-0.05, 0) is 197 Å². The molecule has 0 spiro atoms. The zero-order chi connectivity index (χ0) is 52.7. The van der Waals surface area contributed by atoms with Gasteiger partial charge in [-0.3, -0.25) is 0 Å². The summed E-state index contributed by atoms with van der Waals surface area (Å²) >= 11 is 0. The van der Waals surface area contributed by atoms with E-state index in [4.69, 9.17) is 0 Å². The minimum absolute atomic E-state index is 0.0833. The van der Waals surface area contributed by atoms with Gasteiger partial charge < -0.3 is 9.80 Å². The quantitative estimate of drug-likeness (QED) is 0.164. The standard InChI is InChI=1S/C75H66N2/c1-71(2)61-23-15-11-19-51(61)55-33-27-45(39-65(55)71)76(46-28-34-56-52-20-12-16-24-62(52)72(3,4)66(56)40-46)49-31-37-59-60-38-32-50(44-70(60)75(9,10)69(59)43-49)77(47-29-35-57-53-21-13-17-25-63(53)73(5,6)67(57)41-47)48-30-36-58-54-22-14-18-26-64(54)74(7,8)68(58)42-48/h11-13,15-21,23-44H,14,22H2,1-10H3. The Balaban J connectivity index is 0.871. The fraction of sp³-hybridized carbons (Fsp3) is 0.227. The molecule has 9 aromatic carbocycles. The van der Waals surface area contributed by atoms with Crippen LogP contribution in [0.4, 0.5) is 34.1 Å². The fourth-order valence-electron chi connectivity index (χ4n) is 15.5. The molecule has 77 heavy (non-hydrogen) atoms. The van der Waals surface area contributed by atoms with E-state index in [9.17, 15) is 0 Å². The molecule has 0 saturated carbocycles. The number of hydrogen-bond acceptors (Lipinski definition) is 2. The molecule has 0 aliphatic heterocycles. The molecular weight excluding hydrogens is 929 g/mol. The minimum Gasteiger partial charge on any atom is -0.310 e. The number of nitrogens with zero attached hydrogens (tertiary/aromatic N) is 2. The maximum absolute atomic E-state index is 2.55. The van der Waals surface area contributed by atoms with E-state index in [-0.39, 0.29) is 27.1 Å². The zero-order valence-corrected chi connectivity index (χ0v) is 46.3. The molecule has 0 atom stereocenters. The highest BCUT2D eigenvalue weighted by Gasteiger charge is 2.42. The third kappa shape index (κ3) is 6.25. The first-order valence-electron chi connectivity index (χ1n) is 28.1. The first-order chi connectivity index (χ1) is 37.0. The summed E-state index contributed by atoms with van der Waals surface area (Å²) < 4.78 is 0. The summed E-state index contributed by atoms with van der Waals surface area (Å²) in [6.07, 6.45) is 6.98. The summed E-state index contributed by atoms with van der Waals surface area (Å²) in [5.41, 5.74) is 33.8. The molecule has 0 N–H and O–H groups in total. The smallest absolute Gasteiger partial charge is 0.0465 e. The summed E-state index contributed by atoms with van der Waals surface area (Å²) in [5.74, 6) is 0. The van der Waals surface area contributed by atoms with Crippen LogP contribution >= 0.6 is 0 Å². The summed E-state index contributed by atoms with van der Waals surface area (Å²) in [7, 11) is 0. The molecule has 0 saturated heterocycles. The van der Waals surface area contributed by atoms with E-state index in [1.54, 1.807) is 0 Å². The number of benzene rings is 9. The van der Waals surface area contributed by atoms with Gasteiger partial charge in [0.1, 0.15) is 0 Å². The SMILES string of the molecule is CC1(C)C2=C(CCC=C2)c2ccc(N(c3ccc4c(c3)C(C)(C)c3ccccc3-4)c3ccc4c(c3)C(C)(C)c3cc(N(c5ccc6c(c5)C(C)(C)c5ccccc5-6)c5ccc6c(c5)C(C)(C)c5ccccc5-6)ccc3-4)cc21. The summed E-state index contributed by atoms with van der Waals surface area (Å²) in [5, 5.41) is 0. The lowest BCUT2D eigenvalue weighted by molar-refractivity contribution is 0.651. The van der Waals surface area contributed by atoms with Gasteiger partial charge >= 0.3 is 0 Å². The molecule has 0 amide bonds. The largest absolute Gasteiger partial charge is 0.310 e. The van der Waals surface area contributed by atoms with Crippen molar-refractivity contribution in [3.8, 4) is 44.5 Å². The highest BCUT2D eigenvalue weighted by atomic mass is 15.1. The molecule has 0 heterocycles. The van der Waals surface area contributed by atoms with Gasteiger partial charge in [-0.2, -0.15) is 0 Å². The second-order valence-electron chi connectivity index (χ2n) is 25.6. The monoisotopic (exact) mass is 995 g/mol. The molecule has 2 heteroatoms. The third-order valence-corrected chi connectivity index (χ3v) is 19.7. The second kappa shape index (κ2) is 15.6. The fourth-order valence-corrected chi connectivity index (χ4v) is 15.5. The Morgan fingerprint density at radius 3 is 0.857 bits per heavy atom. The van der Waals surface area contributed by atoms with Crippen molar-refractivity contribution in [3.05, 3.63) is 255 Å². The molecule has 0 aromatic heterocycles. The molecule has 0 bridgehead atoms. The Morgan fingerprint density at radius 2 is 0.532 bits per heavy atom. The number of rotatable bonds is 6. The van der Waals surface area contributed by atoms with Crippen molar-refractivity contribution in [1.82, 2.24) is 0 Å². The number of fused-ring (bicyclic) bond motifs is 14. The molecule has 376 valence electrons. The van der Waals surface area contributed by atoms with Crippen LogP contribution in [0, 0.1) is 0 Å². The Bertz CT molecular complexity index is 4040. The van der Waals surface area contributed by atoms with Crippen LogP contribution in [0.1, 0.15) is 138 Å². The predicted octanol–water partition coefficient (Wildman–Crippen LogP) is 20.2. The molecule has 0 unspecified atom stereocenters. The normalized spacial score (nSPS) is 17.8. The van der Waals surface area contributed by atoms with Crippen molar-refractivity contribution in [2.75, 3.05) is 9.80 Å². The first-order valence-corrected chi connectivity index (χ1v) is 28.1. The average molecular weight is 995 g/mol. The summed E-state index contributed by atoms with van der Waals surface area (Å²) in [6, 6.07) is 70.6.